The molecule has 124 valence electrons. The number of hydrogen-bond acceptors (Lipinski definition) is 2. The number of para-hydroxylation sites is 1. The Morgan fingerprint density at radius 3 is 2.88 bits per heavy atom. The first-order valence-corrected chi connectivity index (χ1v) is 8.71. The molecule has 2 aromatic heterocycles. The number of amides is 1. The Bertz CT molecular complexity index is 871. The summed E-state index contributed by atoms with van der Waals surface area (Å²) in [6.07, 6.45) is 4.29. The molecule has 1 aliphatic rings. The predicted molar refractivity (Wildman–Crippen MR) is 95.8 cm³/mol. The van der Waals surface area contributed by atoms with Crippen LogP contribution < -0.4 is 5.32 Å². The molecule has 1 aliphatic carbocycles. The van der Waals surface area contributed by atoms with Gasteiger partial charge in [-0.25, -0.2) is 0 Å². The van der Waals surface area contributed by atoms with Crippen molar-refractivity contribution in [1.82, 2.24) is 14.8 Å². The van der Waals surface area contributed by atoms with Crippen molar-refractivity contribution in [3.8, 4) is 11.4 Å². The van der Waals surface area contributed by atoms with E-state index >= 15 is 0 Å². The zero-order valence-electron chi connectivity index (χ0n) is 13.9. The Morgan fingerprint density at radius 1 is 1.29 bits per heavy atom. The van der Waals surface area contributed by atoms with E-state index < -0.39 is 0 Å². The van der Waals surface area contributed by atoms with E-state index in [1.807, 2.05) is 12.1 Å². The maximum absolute atomic E-state index is 12.3. The molecule has 0 bridgehead atoms. The number of carbonyl (C=O) groups excluding carboxylic acids is 1. The molecule has 1 amide bonds. The molecule has 4 rings (SSSR count). The standard InChI is InChI=1S/C19H22N4O/c1-2-23-16-10-6-5-9-14(16)11-17(23)15-12-18(22-21-15)20-19(24)13-7-3-4-8-13/h5-6,9-13H,2-4,7-8H2,1H3,(H2,20,21,22,24). The zero-order valence-corrected chi connectivity index (χ0v) is 13.9. The van der Waals surface area contributed by atoms with Gasteiger partial charge >= 0.3 is 0 Å². The van der Waals surface area contributed by atoms with Crippen LogP contribution in [0.4, 0.5) is 5.82 Å². The number of H-pyrrole nitrogens is 1. The van der Waals surface area contributed by atoms with E-state index in [4.69, 9.17) is 0 Å². The van der Waals surface area contributed by atoms with Crippen LogP contribution in [0.15, 0.2) is 36.4 Å². The lowest BCUT2D eigenvalue weighted by molar-refractivity contribution is -0.119. The second-order valence-electron chi connectivity index (χ2n) is 6.47. The van der Waals surface area contributed by atoms with E-state index in [0.717, 1.165) is 43.6 Å². The van der Waals surface area contributed by atoms with E-state index in [-0.39, 0.29) is 11.8 Å². The highest BCUT2D eigenvalue weighted by atomic mass is 16.2. The summed E-state index contributed by atoms with van der Waals surface area (Å²) in [5.74, 6) is 0.851. The van der Waals surface area contributed by atoms with Gasteiger partial charge in [0.05, 0.1) is 11.4 Å². The van der Waals surface area contributed by atoms with Crippen molar-refractivity contribution < 1.29 is 4.79 Å². The number of carbonyl (C=O) groups is 1. The number of hydrogen-bond donors (Lipinski definition) is 2. The molecule has 2 N–H and O–H groups in total. The summed E-state index contributed by atoms with van der Waals surface area (Å²) in [4.78, 5) is 12.3. The van der Waals surface area contributed by atoms with Gasteiger partial charge in [0.25, 0.3) is 0 Å². The van der Waals surface area contributed by atoms with Gasteiger partial charge < -0.3 is 9.88 Å². The number of benzene rings is 1. The van der Waals surface area contributed by atoms with Crippen LogP contribution in [0, 0.1) is 5.92 Å². The molecule has 0 unspecified atom stereocenters. The fourth-order valence-corrected chi connectivity index (χ4v) is 3.71. The number of aromatic nitrogens is 3. The number of aromatic amines is 1. The van der Waals surface area contributed by atoms with Crippen LogP contribution in [0.1, 0.15) is 32.6 Å². The highest BCUT2D eigenvalue weighted by molar-refractivity contribution is 5.92. The van der Waals surface area contributed by atoms with Crippen LogP contribution in [0.25, 0.3) is 22.3 Å². The zero-order chi connectivity index (χ0) is 16.5. The smallest absolute Gasteiger partial charge is 0.228 e. The van der Waals surface area contributed by atoms with Crippen LogP contribution in [-0.4, -0.2) is 20.7 Å². The molecule has 1 aromatic carbocycles. The van der Waals surface area contributed by atoms with Gasteiger partial charge in [-0.15, -0.1) is 0 Å². The summed E-state index contributed by atoms with van der Waals surface area (Å²) >= 11 is 0. The van der Waals surface area contributed by atoms with Crippen LogP contribution in [0.3, 0.4) is 0 Å². The van der Waals surface area contributed by atoms with Crippen LogP contribution >= 0.6 is 0 Å². The maximum Gasteiger partial charge on any atom is 0.228 e. The molecule has 0 aliphatic heterocycles. The molecule has 0 radical (unpaired) electrons. The summed E-state index contributed by atoms with van der Waals surface area (Å²) < 4.78 is 2.26. The van der Waals surface area contributed by atoms with Gasteiger partial charge in [0.1, 0.15) is 0 Å². The average molecular weight is 322 g/mol. The highest BCUT2D eigenvalue weighted by Gasteiger charge is 2.23. The average Bonchev–Trinajstić information content (AvgIpc) is 3.33. The van der Waals surface area contributed by atoms with Crippen molar-refractivity contribution in [1.29, 1.82) is 0 Å². The second-order valence-corrected chi connectivity index (χ2v) is 6.47. The van der Waals surface area contributed by atoms with Gasteiger partial charge in [-0.2, -0.15) is 5.10 Å². The Kier molecular flexibility index (Phi) is 3.84. The molecule has 0 saturated heterocycles. The Balaban J connectivity index is 1.61. The monoisotopic (exact) mass is 322 g/mol. The summed E-state index contributed by atoms with van der Waals surface area (Å²) in [7, 11) is 0. The quantitative estimate of drug-likeness (QED) is 0.757. The summed E-state index contributed by atoms with van der Waals surface area (Å²) in [6.45, 7) is 3.01. The van der Waals surface area contributed by atoms with Gasteiger partial charge in [-0.1, -0.05) is 31.0 Å². The minimum atomic E-state index is 0.0987. The number of fused-ring (bicyclic) bond motifs is 1. The van der Waals surface area contributed by atoms with E-state index in [9.17, 15) is 4.79 Å². The molecule has 1 fully saturated rings. The molecule has 1 saturated carbocycles. The Hall–Kier alpha value is -2.56. The van der Waals surface area contributed by atoms with Gasteiger partial charge in [-0.3, -0.25) is 9.89 Å². The normalized spacial score (nSPS) is 15.2. The van der Waals surface area contributed by atoms with Crippen molar-refractivity contribution in [2.24, 2.45) is 5.92 Å². The van der Waals surface area contributed by atoms with Crippen molar-refractivity contribution in [2.75, 3.05) is 5.32 Å². The maximum atomic E-state index is 12.3. The largest absolute Gasteiger partial charge is 0.340 e. The molecule has 3 aromatic rings. The fourth-order valence-electron chi connectivity index (χ4n) is 3.71. The summed E-state index contributed by atoms with van der Waals surface area (Å²) in [5, 5.41) is 11.5. The van der Waals surface area contributed by atoms with Crippen LogP contribution in [-0.2, 0) is 11.3 Å². The minimum absolute atomic E-state index is 0.0987. The van der Waals surface area contributed by atoms with Gasteiger partial charge in [0.2, 0.25) is 5.91 Å². The molecular formula is C19H22N4O. The Morgan fingerprint density at radius 2 is 2.08 bits per heavy atom. The Labute approximate surface area is 141 Å². The van der Waals surface area contributed by atoms with Gasteiger partial charge in [0.15, 0.2) is 5.82 Å². The number of nitrogens with zero attached hydrogens (tertiary/aromatic N) is 2. The summed E-state index contributed by atoms with van der Waals surface area (Å²) in [6, 6.07) is 12.4. The molecule has 2 heterocycles. The molecule has 5 heteroatoms. The number of aryl methyl sites for hydroxylation is 1. The molecule has 0 spiro atoms. The van der Waals surface area contributed by atoms with E-state index in [2.05, 4.69) is 51.3 Å². The van der Waals surface area contributed by atoms with Crippen molar-refractivity contribution in [3.05, 3.63) is 36.4 Å². The summed E-state index contributed by atoms with van der Waals surface area (Å²) in [5.41, 5.74) is 3.23. The topological polar surface area (TPSA) is 62.7 Å². The second kappa shape index (κ2) is 6.15. The highest BCUT2D eigenvalue weighted by Crippen LogP contribution is 2.29. The first-order chi connectivity index (χ1) is 11.8. The minimum Gasteiger partial charge on any atom is -0.340 e. The molecule has 5 nitrogen and oxygen atoms in total. The van der Waals surface area contributed by atoms with E-state index in [1.54, 1.807) is 0 Å². The van der Waals surface area contributed by atoms with Crippen molar-refractivity contribution in [3.63, 3.8) is 0 Å². The predicted octanol–water partition coefficient (Wildman–Crippen LogP) is 4.18. The third-order valence-electron chi connectivity index (χ3n) is 4.96. The number of nitrogens with one attached hydrogen (secondary N) is 2. The molecule has 24 heavy (non-hydrogen) atoms. The lowest BCUT2D eigenvalue weighted by atomic mass is 10.1. The van der Waals surface area contributed by atoms with Gasteiger partial charge in [0, 0.05) is 29.4 Å². The molecular weight excluding hydrogens is 300 g/mol. The van der Waals surface area contributed by atoms with Gasteiger partial charge in [-0.05, 0) is 31.9 Å². The lowest BCUT2D eigenvalue weighted by Crippen LogP contribution is -2.20. The first-order valence-electron chi connectivity index (χ1n) is 8.71. The van der Waals surface area contributed by atoms with E-state index in [0.29, 0.717) is 5.82 Å². The number of anilines is 1. The van der Waals surface area contributed by atoms with Crippen LogP contribution in [0.2, 0.25) is 0 Å². The fraction of sp³-hybridized carbons (Fsp3) is 0.368. The molecule has 0 atom stereocenters. The van der Waals surface area contributed by atoms with E-state index in [1.165, 1.54) is 10.9 Å². The lowest BCUT2D eigenvalue weighted by Gasteiger charge is -2.07. The first kappa shape index (κ1) is 15.0. The van der Waals surface area contributed by atoms with Crippen molar-refractivity contribution >= 4 is 22.6 Å². The van der Waals surface area contributed by atoms with Crippen LogP contribution in [0.5, 0.6) is 0 Å². The van der Waals surface area contributed by atoms with Crippen molar-refractivity contribution in [2.45, 2.75) is 39.2 Å². The third kappa shape index (κ3) is 2.60. The third-order valence-corrected chi connectivity index (χ3v) is 4.96. The number of rotatable bonds is 4. The SMILES string of the molecule is CCn1c(-c2cc(NC(=O)C3CCCC3)n[nH]2)cc2ccccc21.